The number of benzene rings is 1. The van der Waals surface area contributed by atoms with Crippen molar-refractivity contribution in [1.82, 2.24) is 9.78 Å². The lowest BCUT2D eigenvalue weighted by Crippen LogP contribution is -2.15. The van der Waals surface area contributed by atoms with Crippen molar-refractivity contribution in [3.8, 4) is 5.75 Å². The fourth-order valence-electron chi connectivity index (χ4n) is 1.81. The van der Waals surface area contributed by atoms with Crippen LogP contribution in [-0.4, -0.2) is 25.7 Å². The number of nitro groups is 1. The number of rotatable bonds is 5. The third-order valence-electron chi connectivity index (χ3n) is 3.06. The molecule has 9 heteroatoms. The average Bonchev–Trinajstić information content (AvgIpc) is 2.78. The molecular formula is C13H13IN4O4. The average molecular weight is 416 g/mol. The topological polar surface area (TPSA) is 110 Å². The van der Waals surface area contributed by atoms with Crippen LogP contribution in [0.4, 0.5) is 11.4 Å². The van der Waals surface area contributed by atoms with Gasteiger partial charge in [-0.05, 0) is 35.6 Å². The number of anilines is 1. The maximum Gasteiger partial charge on any atom is 0.271 e. The molecule has 0 spiro atoms. The minimum atomic E-state index is -0.593. The quantitative estimate of drug-likeness (QED) is 0.337. The molecule has 0 fully saturated rings. The molecule has 22 heavy (non-hydrogen) atoms. The normalized spacial score (nSPS) is 10.5. The monoisotopic (exact) mass is 416 g/mol. The number of hydrogen-bond acceptors (Lipinski definition) is 5. The Balaban J connectivity index is 2.01. The first-order chi connectivity index (χ1) is 10.4. The van der Waals surface area contributed by atoms with Gasteiger partial charge in [-0.1, -0.05) is 0 Å². The highest BCUT2D eigenvalue weighted by Crippen LogP contribution is 2.27. The van der Waals surface area contributed by atoms with Crippen molar-refractivity contribution < 1.29 is 14.8 Å². The van der Waals surface area contributed by atoms with Gasteiger partial charge in [-0.3, -0.25) is 19.6 Å². The number of carbonyl (C=O) groups excluding carboxylic acids is 1. The van der Waals surface area contributed by atoms with E-state index >= 15 is 0 Å². The predicted octanol–water partition coefficient (Wildman–Crippen LogP) is 2.44. The lowest BCUT2D eigenvalue weighted by molar-refractivity contribution is -0.384. The van der Waals surface area contributed by atoms with E-state index in [4.69, 9.17) is 0 Å². The Hall–Kier alpha value is -2.17. The van der Waals surface area contributed by atoms with Gasteiger partial charge in [0, 0.05) is 24.2 Å². The van der Waals surface area contributed by atoms with E-state index in [1.54, 1.807) is 10.9 Å². The van der Waals surface area contributed by atoms with E-state index in [1.165, 1.54) is 12.1 Å². The number of aromatic hydroxyl groups is 1. The maximum absolute atomic E-state index is 11.9. The van der Waals surface area contributed by atoms with Crippen molar-refractivity contribution in [2.75, 3.05) is 5.32 Å². The number of phenolic OH excluding ortho intramolecular Hbond substituents is 1. The Morgan fingerprint density at radius 2 is 2.27 bits per heavy atom. The van der Waals surface area contributed by atoms with Crippen LogP contribution >= 0.6 is 22.6 Å². The van der Waals surface area contributed by atoms with E-state index in [-0.39, 0.29) is 29.5 Å². The Morgan fingerprint density at radius 3 is 2.86 bits per heavy atom. The molecule has 1 amide bonds. The van der Waals surface area contributed by atoms with Gasteiger partial charge in [0.2, 0.25) is 5.91 Å². The zero-order valence-electron chi connectivity index (χ0n) is 11.6. The molecule has 1 heterocycles. The summed E-state index contributed by atoms with van der Waals surface area (Å²) in [5.41, 5.74) is 0.781. The minimum Gasteiger partial charge on any atom is -0.506 e. The molecule has 0 atom stereocenters. The standard InChI is InChI=1S/C13H13IN4O4/c1-8-10(14)7-15-17(8)5-4-13(20)16-11-6-9(18(21)22)2-3-12(11)19/h2-3,6-7,19H,4-5H2,1H3,(H,16,20). The second-order valence-electron chi connectivity index (χ2n) is 4.56. The smallest absolute Gasteiger partial charge is 0.271 e. The molecule has 0 aliphatic heterocycles. The number of aryl methyl sites for hydroxylation is 1. The van der Waals surface area contributed by atoms with E-state index in [0.29, 0.717) is 6.54 Å². The summed E-state index contributed by atoms with van der Waals surface area (Å²) in [5, 5.41) is 26.9. The molecule has 2 aromatic rings. The lowest BCUT2D eigenvalue weighted by atomic mass is 10.2. The molecule has 0 saturated carbocycles. The predicted molar refractivity (Wildman–Crippen MR) is 87.7 cm³/mol. The second kappa shape index (κ2) is 6.73. The highest BCUT2D eigenvalue weighted by Gasteiger charge is 2.13. The van der Waals surface area contributed by atoms with E-state index in [2.05, 4.69) is 33.0 Å². The number of nitrogens with one attached hydrogen (secondary N) is 1. The van der Waals surface area contributed by atoms with Gasteiger partial charge >= 0.3 is 0 Å². The number of halogens is 1. The number of non-ortho nitro benzene ring substituents is 1. The van der Waals surface area contributed by atoms with Gasteiger partial charge in [-0.15, -0.1) is 0 Å². The van der Waals surface area contributed by atoms with E-state index in [0.717, 1.165) is 15.3 Å². The number of aromatic nitrogens is 2. The molecule has 0 bridgehead atoms. The van der Waals surface area contributed by atoms with Gasteiger partial charge < -0.3 is 10.4 Å². The van der Waals surface area contributed by atoms with Crippen molar-refractivity contribution >= 4 is 39.9 Å². The SMILES string of the molecule is Cc1c(I)cnn1CCC(=O)Nc1cc([N+](=O)[O-])ccc1O. The Morgan fingerprint density at radius 1 is 1.55 bits per heavy atom. The molecule has 8 nitrogen and oxygen atoms in total. The Bertz CT molecular complexity index is 729. The van der Waals surface area contributed by atoms with Crippen LogP contribution in [0.15, 0.2) is 24.4 Å². The molecule has 2 N–H and O–H groups in total. The highest BCUT2D eigenvalue weighted by atomic mass is 127. The van der Waals surface area contributed by atoms with Crippen molar-refractivity contribution in [2.24, 2.45) is 0 Å². The number of phenols is 1. The molecule has 0 radical (unpaired) electrons. The lowest BCUT2D eigenvalue weighted by Gasteiger charge is -2.08. The Labute approximate surface area is 139 Å². The van der Waals surface area contributed by atoms with Crippen molar-refractivity contribution in [1.29, 1.82) is 0 Å². The first kappa shape index (κ1) is 16.2. The van der Waals surface area contributed by atoms with E-state index < -0.39 is 4.92 Å². The summed E-state index contributed by atoms with van der Waals surface area (Å²) in [4.78, 5) is 22.0. The first-order valence-electron chi connectivity index (χ1n) is 6.33. The minimum absolute atomic E-state index is 0.0194. The number of nitro benzene ring substituents is 1. The summed E-state index contributed by atoms with van der Waals surface area (Å²) in [7, 11) is 0. The van der Waals surface area contributed by atoms with Crippen LogP contribution in [0.2, 0.25) is 0 Å². The molecular weight excluding hydrogens is 403 g/mol. The largest absolute Gasteiger partial charge is 0.506 e. The van der Waals surface area contributed by atoms with Gasteiger partial charge in [-0.25, -0.2) is 0 Å². The third-order valence-corrected chi connectivity index (χ3v) is 4.12. The van der Waals surface area contributed by atoms with Crippen molar-refractivity contribution in [2.45, 2.75) is 19.9 Å². The van der Waals surface area contributed by atoms with Crippen LogP contribution < -0.4 is 5.32 Å². The molecule has 2 rings (SSSR count). The number of nitrogens with zero attached hydrogens (tertiary/aromatic N) is 3. The zero-order valence-corrected chi connectivity index (χ0v) is 13.8. The molecule has 0 aliphatic rings. The van der Waals surface area contributed by atoms with Crippen LogP contribution in [0.25, 0.3) is 0 Å². The third kappa shape index (κ3) is 3.72. The van der Waals surface area contributed by atoms with Crippen LogP contribution in [0, 0.1) is 20.6 Å². The summed E-state index contributed by atoms with van der Waals surface area (Å²) in [6.45, 7) is 2.29. The van der Waals surface area contributed by atoms with Crippen LogP contribution in [0.5, 0.6) is 5.75 Å². The molecule has 0 saturated heterocycles. The molecule has 0 unspecified atom stereocenters. The highest BCUT2D eigenvalue weighted by molar-refractivity contribution is 14.1. The molecule has 0 aliphatic carbocycles. The number of amides is 1. The number of carbonyl (C=O) groups is 1. The summed E-state index contributed by atoms with van der Waals surface area (Å²) in [6.07, 6.45) is 1.85. The van der Waals surface area contributed by atoms with Gasteiger partial charge in [0.05, 0.1) is 26.9 Å². The molecule has 116 valence electrons. The molecule has 1 aromatic heterocycles. The fraction of sp³-hybridized carbons (Fsp3) is 0.231. The molecule has 1 aromatic carbocycles. The Kier molecular flexibility index (Phi) is 4.96. The van der Waals surface area contributed by atoms with Gasteiger partial charge in [0.1, 0.15) is 5.75 Å². The van der Waals surface area contributed by atoms with Gasteiger partial charge in [-0.2, -0.15) is 5.10 Å². The van der Waals surface area contributed by atoms with Crippen molar-refractivity contribution in [3.05, 3.63) is 43.8 Å². The van der Waals surface area contributed by atoms with Gasteiger partial charge in [0.25, 0.3) is 5.69 Å². The number of hydrogen-bond donors (Lipinski definition) is 2. The summed E-state index contributed by atoms with van der Waals surface area (Å²) < 4.78 is 2.71. The summed E-state index contributed by atoms with van der Waals surface area (Å²) in [5.74, 6) is -0.579. The van der Waals surface area contributed by atoms with Crippen LogP contribution in [-0.2, 0) is 11.3 Å². The summed E-state index contributed by atoms with van der Waals surface area (Å²) >= 11 is 2.15. The first-order valence-corrected chi connectivity index (χ1v) is 7.41. The maximum atomic E-state index is 11.9. The fourth-order valence-corrected chi connectivity index (χ4v) is 2.21. The van der Waals surface area contributed by atoms with Crippen LogP contribution in [0.1, 0.15) is 12.1 Å². The van der Waals surface area contributed by atoms with E-state index in [9.17, 15) is 20.0 Å². The van der Waals surface area contributed by atoms with Gasteiger partial charge in [0.15, 0.2) is 0 Å². The van der Waals surface area contributed by atoms with Crippen molar-refractivity contribution in [3.63, 3.8) is 0 Å². The summed E-state index contributed by atoms with van der Waals surface area (Å²) in [6, 6.07) is 3.46. The van der Waals surface area contributed by atoms with E-state index in [1.807, 2.05) is 6.92 Å². The second-order valence-corrected chi connectivity index (χ2v) is 5.72. The van der Waals surface area contributed by atoms with Crippen LogP contribution in [0.3, 0.4) is 0 Å². The zero-order chi connectivity index (χ0) is 16.3.